The fourth-order valence-electron chi connectivity index (χ4n) is 1.98. The van der Waals surface area contributed by atoms with Crippen LogP contribution in [0.2, 0.25) is 0 Å². The van der Waals surface area contributed by atoms with Crippen molar-refractivity contribution in [3.05, 3.63) is 35.4 Å². The predicted octanol–water partition coefficient (Wildman–Crippen LogP) is 3.20. The average Bonchev–Trinajstić information content (AvgIpc) is 2.23. The van der Waals surface area contributed by atoms with Crippen LogP contribution in [0.25, 0.3) is 0 Å². The van der Waals surface area contributed by atoms with Crippen LogP contribution in [-0.4, -0.2) is 6.04 Å². The molecule has 3 N–H and O–H groups in total. The Morgan fingerprint density at radius 3 is 2.53 bits per heavy atom. The summed E-state index contributed by atoms with van der Waals surface area (Å²) in [5.74, 6) is 5.64. The number of rotatable bonds is 5. The first-order chi connectivity index (χ1) is 7.90. The van der Waals surface area contributed by atoms with Crippen LogP contribution in [0.1, 0.15) is 44.7 Å². The molecule has 0 aliphatic heterocycles. The third kappa shape index (κ3) is 5.85. The van der Waals surface area contributed by atoms with E-state index in [0.29, 0.717) is 11.5 Å². The summed E-state index contributed by atoms with van der Waals surface area (Å²) in [5.41, 5.74) is 6.00. The fourth-order valence-corrected chi connectivity index (χ4v) is 1.98. The second-order valence-electron chi connectivity index (χ2n) is 6.16. The van der Waals surface area contributed by atoms with Gasteiger partial charge in [0, 0.05) is 6.04 Å². The van der Waals surface area contributed by atoms with E-state index in [1.165, 1.54) is 17.5 Å². The lowest BCUT2D eigenvalue weighted by Gasteiger charge is -2.22. The van der Waals surface area contributed by atoms with Crippen LogP contribution >= 0.6 is 0 Å². The number of hydrogen-bond donors (Lipinski definition) is 2. The smallest absolute Gasteiger partial charge is 0.0251 e. The molecule has 1 aromatic rings. The molecule has 2 nitrogen and oxygen atoms in total. The van der Waals surface area contributed by atoms with Gasteiger partial charge in [-0.05, 0) is 37.2 Å². The first-order valence-electron chi connectivity index (χ1n) is 6.42. The van der Waals surface area contributed by atoms with Gasteiger partial charge in [0.1, 0.15) is 0 Å². The van der Waals surface area contributed by atoms with Gasteiger partial charge in [0.2, 0.25) is 0 Å². The van der Waals surface area contributed by atoms with Crippen molar-refractivity contribution in [1.82, 2.24) is 5.43 Å². The van der Waals surface area contributed by atoms with Crippen molar-refractivity contribution in [2.45, 2.75) is 53.0 Å². The Balaban J connectivity index is 2.52. The molecule has 1 aromatic carbocycles. The molecule has 1 rings (SSSR count). The predicted molar refractivity (Wildman–Crippen MR) is 74.7 cm³/mol. The van der Waals surface area contributed by atoms with E-state index in [0.717, 1.165) is 12.8 Å². The van der Waals surface area contributed by atoms with E-state index in [4.69, 9.17) is 5.84 Å². The molecule has 0 saturated heterocycles. The summed E-state index contributed by atoms with van der Waals surface area (Å²) < 4.78 is 0. The Morgan fingerprint density at radius 1 is 1.29 bits per heavy atom. The number of nitrogens with two attached hydrogens (primary N) is 1. The highest BCUT2D eigenvalue weighted by Crippen LogP contribution is 2.22. The van der Waals surface area contributed by atoms with Crippen LogP contribution in [-0.2, 0) is 6.42 Å². The quantitative estimate of drug-likeness (QED) is 0.606. The molecule has 0 amide bonds. The summed E-state index contributed by atoms with van der Waals surface area (Å²) in [7, 11) is 0. The third-order valence-corrected chi connectivity index (χ3v) is 3.04. The summed E-state index contributed by atoms with van der Waals surface area (Å²) in [4.78, 5) is 0. The molecule has 0 bridgehead atoms. The molecule has 17 heavy (non-hydrogen) atoms. The number of nitrogens with one attached hydrogen (secondary N) is 1. The highest BCUT2D eigenvalue weighted by Gasteiger charge is 2.14. The summed E-state index contributed by atoms with van der Waals surface area (Å²) in [5, 5.41) is 0. The summed E-state index contributed by atoms with van der Waals surface area (Å²) >= 11 is 0. The van der Waals surface area contributed by atoms with Crippen molar-refractivity contribution in [2.24, 2.45) is 11.3 Å². The number of hydrogen-bond acceptors (Lipinski definition) is 2. The normalized spacial score (nSPS) is 13.7. The zero-order chi connectivity index (χ0) is 12.9. The van der Waals surface area contributed by atoms with Crippen LogP contribution in [0.4, 0.5) is 0 Å². The van der Waals surface area contributed by atoms with Gasteiger partial charge in [-0.1, -0.05) is 50.6 Å². The molecule has 0 heterocycles. The van der Waals surface area contributed by atoms with Gasteiger partial charge in [-0.2, -0.15) is 0 Å². The fraction of sp³-hybridized carbons (Fsp3) is 0.600. The maximum absolute atomic E-state index is 5.64. The van der Waals surface area contributed by atoms with Gasteiger partial charge in [0.05, 0.1) is 0 Å². The van der Waals surface area contributed by atoms with E-state index in [-0.39, 0.29) is 0 Å². The standard InChI is InChI=1S/C15H26N2/c1-12-6-5-7-13(10-12)11-14(17-16)8-9-15(2,3)4/h5-7,10,14,17H,8-9,11,16H2,1-4H3. The van der Waals surface area contributed by atoms with Crippen LogP contribution < -0.4 is 11.3 Å². The Morgan fingerprint density at radius 2 is 2.00 bits per heavy atom. The summed E-state index contributed by atoms with van der Waals surface area (Å²) in [6.07, 6.45) is 3.32. The minimum absolute atomic E-state index is 0.371. The minimum Gasteiger partial charge on any atom is -0.271 e. The van der Waals surface area contributed by atoms with Crippen molar-refractivity contribution >= 4 is 0 Å². The van der Waals surface area contributed by atoms with E-state index in [1.54, 1.807) is 0 Å². The van der Waals surface area contributed by atoms with Crippen LogP contribution in [0.3, 0.4) is 0 Å². The zero-order valence-corrected chi connectivity index (χ0v) is 11.6. The molecule has 0 saturated carbocycles. The molecule has 1 unspecified atom stereocenters. The summed E-state index contributed by atoms with van der Waals surface area (Å²) in [6.45, 7) is 8.94. The largest absolute Gasteiger partial charge is 0.271 e. The highest BCUT2D eigenvalue weighted by atomic mass is 15.2. The van der Waals surface area contributed by atoms with Crippen molar-refractivity contribution in [2.75, 3.05) is 0 Å². The van der Waals surface area contributed by atoms with Gasteiger partial charge in [-0.15, -0.1) is 0 Å². The first kappa shape index (κ1) is 14.2. The average molecular weight is 234 g/mol. The Labute approximate surface area is 106 Å². The molecule has 96 valence electrons. The van der Waals surface area contributed by atoms with Crippen molar-refractivity contribution in [1.29, 1.82) is 0 Å². The van der Waals surface area contributed by atoms with Crippen molar-refractivity contribution in [3.63, 3.8) is 0 Å². The van der Waals surface area contributed by atoms with E-state index in [2.05, 4.69) is 57.4 Å². The Hall–Kier alpha value is -0.860. The van der Waals surface area contributed by atoms with E-state index >= 15 is 0 Å². The van der Waals surface area contributed by atoms with Crippen LogP contribution in [0, 0.1) is 12.3 Å². The molecular formula is C15H26N2. The molecule has 0 spiro atoms. The first-order valence-corrected chi connectivity index (χ1v) is 6.42. The molecule has 0 aliphatic rings. The lowest BCUT2D eigenvalue weighted by Crippen LogP contribution is -2.37. The maximum atomic E-state index is 5.64. The molecule has 0 radical (unpaired) electrons. The maximum Gasteiger partial charge on any atom is 0.0251 e. The molecule has 0 aliphatic carbocycles. The molecule has 2 heteroatoms. The molecule has 1 atom stereocenters. The van der Waals surface area contributed by atoms with Crippen molar-refractivity contribution < 1.29 is 0 Å². The minimum atomic E-state index is 0.371. The van der Waals surface area contributed by atoms with Gasteiger partial charge < -0.3 is 0 Å². The van der Waals surface area contributed by atoms with Crippen molar-refractivity contribution in [3.8, 4) is 0 Å². The van der Waals surface area contributed by atoms with E-state index in [9.17, 15) is 0 Å². The van der Waals surface area contributed by atoms with E-state index in [1.807, 2.05) is 0 Å². The second-order valence-corrected chi connectivity index (χ2v) is 6.16. The number of aryl methyl sites for hydroxylation is 1. The second kappa shape index (κ2) is 6.18. The number of hydrazine groups is 1. The monoisotopic (exact) mass is 234 g/mol. The van der Waals surface area contributed by atoms with Crippen LogP contribution in [0.5, 0.6) is 0 Å². The van der Waals surface area contributed by atoms with Gasteiger partial charge in [0.25, 0.3) is 0 Å². The Bertz CT molecular complexity index is 339. The lowest BCUT2D eigenvalue weighted by atomic mass is 9.87. The Kier molecular flexibility index (Phi) is 5.16. The van der Waals surface area contributed by atoms with Crippen LogP contribution in [0.15, 0.2) is 24.3 Å². The topological polar surface area (TPSA) is 38.0 Å². The summed E-state index contributed by atoms with van der Waals surface area (Å²) in [6, 6.07) is 9.03. The highest BCUT2D eigenvalue weighted by molar-refractivity contribution is 5.22. The lowest BCUT2D eigenvalue weighted by molar-refractivity contribution is 0.330. The third-order valence-electron chi connectivity index (χ3n) is 3.04. The van der Waals surface area contributed by atoms with E-state index < -0.39 is 0 Å². The molecule has 0 aromatic heterocycles. The molecular weight excluding hydrogens is 208 g/mol. The van der Waals surface area contributed by atoms with Gasteiger partial charge in [-0.25, -0.2) is 0 Å². The van der Waals surface area contributed by atoms with Gasteiger partial charge >= 0.3 is 0 Å². The number of benzene rings is 1. The van der Waals surface area contributed by atoms with Gasteiger partial charge in [-0.3, -0.25) is 11.3 Å². The zero-order valence-electron chi connectivity index (χ0n) is 11.6. The molecule has 0 fully saturated rings. The van der Waals surface area contributed by atoms with Gasteiger partial charge in [0.15, 0.2) is 0 Å². The SMILES string of the molecule is Cc1cccc(CC(CCC(C)(C)C)NN)c1.